The molecule has 2 unspecified atom stereocenters. The van der Waals surface area contributed by atoms with Crippen molar-refractivity contribution in [1.82, 2.24) is 19.5 Å². The van der Waals surface area contributed by atoms with Crippen molar-refractivity contribution >= 4 is 28.7 Å². The summed E-state index contributed by atoms with van der Waals surface area (Å²) in [4.78, 5) is 12.2. The second kappa shape index (κ2) is 5.92. The Morgan fingerprint density at radius 2 is 2.17 bits per heavy atom. The number of rotatable bonds is 3. The first-order valence-corrected chi connectivity index (χ1v) is 7.16. The Hall–Kier alpha value is -1.96. The fraction of sp³-hybridized carbons (Fsp3) is 0.462. The number of anilines is 1. The first kappa shape index (κ1) is 15.9. The maximum Gasteiger partial charge on any atom is 0.222 e. The van der Waals surface area contributed by atoms with Gasteiger partial charge in [0, 0.05) is 11.3 Å². The van der Waals surface area contributed by atoms with E-state index in [4.69, 9.17) is 27.8 Å². The van der Waals surface area contributed by atoms with Gasteiger partial charge >= 0.3 is 0 Å². The molecule has 4 atom stereocenters. The normalized spacial score (nSPS) is 30.3. The number of halogens is 1. The topological polar surface area (TPSA) is 145 Å². The summed E-state index contributed by atoms with van der Waals surface area (Å²) >= 11 is 5.54. The van der Waals surface area contributed by atoms with Crippen LogP contribution in [0.1, 0.15) is 6.23 Å². The van der Waals surface area contributed by atoms with E-state index >= 15 is 0 Å². The molecule has 0 amide bonds. The Balaban J connectivity index is 2.15. The molecule has 2 aromatic rings. The van der Waals surface area contributed by atoms with Crippen LogP contribution in [-0.2, 0) is 4.74 Å². The molecule has 0 aromatic carbocycles. The standard InChI is InChI=1S/C13H15ClN6O3/c14-2-1-13(16)7(4-21)9(5-22)23-11(13)20-6-18-8-3-17-12(15)19-10(8)20/h3,6-7,9,11,21-22H,4-5,16H2,(H2,15,17,19)/t7?,9-,11-,13?/m1/s1. The highest BCUT2D eigenvalue weighted by Gasteiger charge is 2.54. The highest BCUT2D eigenvalue weighted by Crippen LogP contribution is 2.41. The van der Waals surface area contributed by atoms with Crippen LogP contribution in [0.3, 0.4) is 0 Å². The van der Waals surface area contributed by atoms with E-state index < -0.39 is 23.8 Å². The number of nitrogens with zero attached hydrogens (tertiary/aromatic N) is 4. The van der Waals surface area contributed by atoms with Gasteiger partial charge < -0.3 is 26.4 Å². The second-order valence-electron chi connectivity index (χ2n) is 5.24. The lowest BCUT2D eigenvalue weighted by Gasteiger charge is -2.29. The number of nitrogen functional groups attached to an aromatic ring is 1. The predicted molar refractivity (Wildman–Crippen MR) is 81.9 cm³/mol. The number of hydrogen-bond acceptors (Lipinski definition) is 8. The monoisotopic (exact) mass is 338 g/mol. The summed E-state index contributed by atoms with van der Waals surface area (Å²) in [7, 11) is 0. The lowest BCUT2D eigenvalue weighted by atomic mass is 9.83. The number of aromatic nitrogens is 4. The fourth-order valence-electron chi connectivity index (χ4n) is 2.85. The van der Waals surface area contributed by atoms with Gasteiger partial charge in [0.1, 0.15) is 11.1 Å². The molecule has 0 spiro atoms. The van der Waals surface area contributed by atoms with E-state index in [1.807, 2.05) is 0 Å². The van der Waals surface area contributed by atoms with Crippen molar-refractivity contribution < 1.29 is 14.9 Å². The van der Waals surface area contributed by atoms with Crippen LogP contribution in [0, 0.1) is 17.2 Å². The van der Waals surface area contributed by atoms with Crippen LogP contribution in [0.15, 0.2) is 12.5 Å². The van der Waals surface area contributed by atoms with Crippen molar-refractivity contribution in [2.45, 2.75) is 17.9 Å². The van der Waals surface area contributed by atoms with Crippen LogP contribution in [0.2, 0.25) is 0 Å². The minimum atomic E-state index is -1.34. The molecule has 1 aliphatic heterocycles. The molecule has 0 bridgehead atoms. The van der Waals surface area contributed by atoms with Gasteiger partial charge in [0.05, 0.1) is 31.8 Å². The molecule has 9 nitrogen and oxygen atoms in total. The van der Waals surface area contributed by atoms with Crippen molar-refractivity contribution in [3.8, 4) is 11.3 Å². The lowest BCUT2D eigenvalue weighted by Crippen LogP contribution is -2.51. The summed E-state index contributed by atoms with van der Waals surface area (Å²) in [6.07, 6.45) is 1.38. The van der Waals surface area contributed by atoms with Crippen molar-refractivity contribution in [1.29, 1.82) is 0 Å². The van der Waals surface area contributed by atoms with Crippen LogP contribution in [-0.4, -0.2) is 54.6 Å². The Bertz CT molecular complexity index is 787. The third kappa shape index (κ3) is 2.41. The van der Waals surface area contributed by atoms with Gasteiger partial charge in [0.25, 0.3) is 0 Å². The fourth-order valence-corrected chi connectivity index (χ4v) is 3.01. The zero-order valence-electron chi connectivity index (χ0n) is 11.9. The van der Waals surface area contributed by atoms with E-state index in [0.29, 0.717) is 11.2 Å². The summed E-state index contributed by atoms with van der Waals surface area (Å²) in [5.74, 6) is 2.11. The zero-order valence-corrected chi connectivity index (χ0v) is 12.7. The van der Waals surface area contributed by atoms with Crippen molar-refractivity contribution in [3.05, 3.63) is 12.5 Å². The molecule has 0 radical (unpaired) electrons. The number of aliphatic hydroxyl groups excluding tert-OH is 2. The first-order valence-electron chi connectivity index (χ1n) is 6.79. The van der Waals surface area contributed by atoms with Gasteiger partial charge in [-0.25, -0.2) is 9.97 Å². The maximum atomic E-state index is 9.65. The van der Waals surface area contributed by atoms with Gasteiger partial charge in [-0.2, -0.15) is 4.98 Å². The smallest absolute Gasteiger partial charge is 0.222 e. The summed E-state index contributed by atoms with van der Waals surface area (Å²) in [6, 6.07) is 0. The molecule has 23 heavy (non-hydrogen) atoms. The number of ether oxygens (including phenoxy) is 1. The molecule has 0 saturated carbocycles. The van der Waals surface area contributed by atoms with E-state index in [1.165, 1.54) is 12.5 Å². The zero-order chi connectivity index (χ0) is 16.6. The number of aliphatic hydroxyl groups is 2. The van der Waals surface area contributed by atoms with Crippen LogP contribution in [0.25, 0.3) is 11.2 Å². The molecule has 1 aliphatic rings. The number of fused-ring (bicyclic) bond motifs is 1. The summed E-state index contributed by atoms with van der Waals surface area (Å²) < 4.78 is 7.35. The minimum absolute atomic E-state index is 0.0701. The van der Waals surface area contributed by atoms with Crippen molar-refractivity contribution in [3.63, 3.8) is 0 Å². The Kier molecular flexibility index (Phi) is 4.09. The molecule has 0 aliphatic carbocycles. The Morgan fingerprint density at radius 3 is 2.83 bits per heavy atom. The molecule has 3 heterocycles. The molecule has 3 rings (SSSR count). The van der Waals surface area contributed by atoms with Gasteiger partial charge in [0.2, 0.25) is 5.95 Å². The summed E-state index contributed by atoms with van der Waals surface area (Å²) in [5.41, 5.74) is 11.6. The van der Waals surface area contributed by atoms with E-state index in [1.54, 1.807) is 4.57 Å². The average Bonchev–Trinajstić information content (AvgIpc) is 3.05. The molecule has 1 fully saturated rings. The molecule has 6 N–H and O–H groups in total. The van der Waals surface area contributed by atoms with E-state index in [9.17, 15) is 10.2 Å². The van der Waals surface area contributed by atoms with Crippen molar-refractivity contribution in [2.24, 2.45) is 11.7 Å². The Labute approximate surface area is 136 Å². The summed E-state index contributed by atoms with van der Waals surface area (Å²) in [5, 5.41) is 21.4. The maximum absolute atomic E-state index is 9.65. The molecular formula is C13H15ClN6O3. The third-order valence-corrected chi connectivity index (χ3v) is 4.10. The van der Waals surface area contributed by atoms with Gasteiger partial charge in [-0.15, -0.1) is 0 Å². The van der Waals surface area contributed by atoms with Crippen LogP contribution >= 0.6 is 11.6 Å². The van der Waals surface area contributed by atoms with Gasteiger partial charge in [-0.1, -0.05) is 5.92 Å². The molecule has 122 valence electrons. The van der Waals surface area contributed by atoms with Gasteiger partial charge in [-0.05, 0) is 11.6 Å². The van der Waals surface area contributed by atoms with Crippen molar-refractivity contribution in [2.75, 3.05) is 18.9 Å². The predicted octanol–water partition coefficient (Wildman–Crippen LogP) is -1.20. The number of nitrogens with two attached hydrogens (primary N) is 2. The number of imidazole rings is 1. The Morgan fingerprint density at radius 1 is 1.39 bits per heavy atom. The number of hydrogen-bond donors (Lipinski definition) is 4. The van der Waals surface area contributed by atoms with Gasteiger partial charge in [0.15, 0.2) is 11.9 Å². The van der Waals surface area contributed by atoms with E-state index in [0.717, 1.165) is 0 Å². The SMILES string of the molecule is Nc1ncc2ncn([C@@H]3O[C@H](CO)C(CO)C3(N)C#CCl)c2n1. The lowest BCUT2D eigenvalue weighted by molar-refractivity contribution is -0.0374. The van der Waals surface area contributed by atoms with Crippen LogP contribution < -0.4 is 11.5 Å². The third-order valence-electron chi connectivity index (χ3n) is 4.00. The highest BCUT2D eigenvalue weighted by molar-refractivity contribution is 6.30. The van der Waals surface area contributed by atoms with Crippen LogP contribution in [0.5, 0.6) is 0 Å². The average molecular weight is 339 g/mol. The second-order valence-corrected chi connectivity index (χ2v) is 5.43. The minimum Gasteiger partial charge on any atom is -0.396 e. The molecule has 2 aromatic heterocycles. The quantitative estimate of drug-likeness (QED) is 0.511. The highest BCUT2D eigenvalue weighted by atomic mass is 35.5. The van der Waals surface area contributed by atoms with Gasteiger partial charge in [-0.3, -0.25) is 4.57 Å². The van der Waals surface area contributed by atoms with E-state index in [-0.39, 0.29) is 19.2 Å². The molecule has 10 heteroatoms. The molecular weight excluding hydrogens is 324 g/mol. The van der Waals surface area contributed by atoms with Crippen LogP contribution in [0.4, 0.5) is 5.95 Å². The summed E-state index contributed by atoms with van der Waals surface area (Å²) in [6.45, 7) is -0.651. The largest absolute Gasteiger partial charge is 0.396 e. The van der Waals surface area contributed by atoms with E-state index in [2.05, 4.69) is 26.3 Å². The first-order chi connectivity index (χ1) is 11.0. The molecule has 1 saturated heterocycles.